The van der Waals surface area contributed by atoms with Crippen LogP contribution in [-0.4, -0.2) is 41.4 Å². The van der Waals surface area contributed by atoms with Crippen LogP contribution in [0.2, 0.25) is 0 Å². The van der Waals surface area contributed by atoms with Crippen molar-refractivity contribution >= 4 is 38.7 Å². The van der Waals surface area contributed by atoms with Gasteiger partial charge in [-0.25, -0.2) is 4.39 Å². The van der Waals surface area contributed by atoms with Crippen LogP contribution < -0.4 is 11.5 Å². The largest absolute Gasteiger partial charge is 0.370 e. The highest BCUT2D eigenvalue weighted by molar-refractivity contribution is 7.85. The summed E-state index contributed by atoms with van der Waals surface area (Å²) in [6.45, 7) is 0.508. The van der Waals surface area contributed by atoms with Gasteiger partial charge in [-0.2, -0.15) is 13.4 Å². The number of rotatable bonds is 1. The van der Waals surface area contributed by atoms with E-state index in [0.29, 0.717) is 43.1 Å². The second-order valence-electron chi connectivity index (χ2n) is 5.99. The maximum Gasteiger partial charge on any atom is 0.296 e. The van der Waals surface area contributed by atoms with Crippen molar-refractivity contribution in [3.05, 3.63) is 35.3 Å². The minimum Gasteiger partial charge on any atom is -0.370 e. The van der Waals surface area contributed by atoms with Crippen molar-refractivity contribution in [2.45, 2.75) is 25.8 Å². The SMILES string of the molecule is CS(=O)(=O)O.NC(N)=NC(=O)c1cc2c(F)ccc3c2n1CCCCC3=O. The molecule has 0 radical (unpaired) electrons. The highest BCUT2D eigenvalue weighted by Crippen LogP contribution is 2.30. The number of guanidine groups is 1. The first-order valence-corrected chi connectivity index (χ1v) is 9.75. The second kappa shape index (κ2) is 7.84. The lowest BCUT2D eigenvalue weighted by Crippen LogP contribution is -2.25. The predicted octanol–water partition coefficient (Wildman–Crippen LogP) is 1.06. The number of Topliss-reactive ketones (excluding diaryl/α,β-unsaturated/α-hetero) is 1. The fraction of sp³-hybridized carbons (Fsp3) is 0.312. The van der Waals surface area contributed by atoms with Gasteiger partial charge in [0.2, 0.25) is 0 Å². The van der Waals surface area contributed by atoms with Gasteiger partial charge in [0.25, 0.3) is 16.0 Å². The summed E-state index contributed by atoms with van der Waals surface area (Å²) in [5, 5.41) is 0.238. The Morgan fingerprint density at radius 2 is 1.93 bits per heavy atom. The second-order valence-corrected chi connectivity index (χ2v) is 7.46. The summed E-state index contributed by atoms with van der Waals surface area (Å²) >= 11 is 0. The Balaban J connectivity index is 0.000000465. The predicted molar refractivity (Wildman–Crippen MR) is 97.7 cm³/mol. The molecule has 9 nitrogen and oxygen atoms in total. The number of aromatic nitrogens is 1. The Kier molecular flexibility index (Phi) is 5.96. The zero-order valence-corrected chi connectivity index (χ0v) is 15.3. The van der Waals surface area contributed by atoms with Gasteiger partial charge in [0.15, 0.2) is 11.7 Å². The molecule has 0 unspecified atom stereocenters. The van der Waals surface area contributed by atoms with E-state index in [-0.39, 0.29) is 22.8 Å². The number of aliphatic imine (C=N–C) groups is 1. The number of carbonyl (C=O) groups is 2. The van der Waals surface area contributed by atoms with Gasteiger partial charge in [0.05, 0.1) is 11.8 Å². The zero-order valence-electron chi connectivity index (χ0n) is 14.5. The molecular weight excluding hydrogens is 379 g/mol. The molecule has 1 aromatic heterocycles. The average molecular weight is 398 g/mol. The quantitative estimate of drug-likeness (QED) is 0.368. The summed E-state index contributed by atoms with van der Waals surface area (Å²) in [7, 11) is -3.67. The Bertz CT molecular complexity index is 1030. The number of carbonyl (C=O) groups excluding carboxylic acids is 2. The van der Waals surface area contributed by atoms with E-state index < -0.39 is 21.8 Å². The first kappa shape index (κ1) is 20.5. The van der Waals surface area contributed by atoms with Crippen LogP contribution in [0.3, 0.4) is 0 Å². The molecule has 11 heteroatoms. The Labute approximate surface area is 154 Å². The van der Waals surface area contributed by atoms with Crippen molar-refractivity contribution in [3.63, 3.8) is 0 Å². The van der Waals surface area contributed by atoms with Gasteiger partial charge in [-0.05, 0) is 31.0 Å². The third kappa shape index (κ3) is 5.11. The molecule has 1 aliphatic rings. The van der Waals surface area contributed by atoms with Crippen LogP contribution in [0, 0.1) is 5.82 Å². The average Bonchev–Trinajstić information content (AvgIpc) is 2.88. The summed E-state index contributed by atoms with van der Waals surface area (Å²) in [6.07, 6.45) is 2.56. The minimum absolute atomic E-state index is 0.0510. The third-order valence-corrected chi connectivity index (χ3v) is 3.79. The monoisotopic (exact) mass is 398 g/mol. The lowest BCUT2D eigenvalue weighted by Gasteiger charge is -2.14. The molecule has 0 saturated heterocycles. The number of amides is 1. The lowest BCUT2D eigenvalue weighted by molar-refractivity contribution is 0.0969. The van der Waals surface area contributed by atoms with E-state index in [4.69, 9.17) is 16.0 Å². The number of hydrogen-bond acceptors (Lipinski definition) is 4. The molecule has 0 spiro atoms. The topological polar surface area (TPSA) is 158 Å². The number of nitrogens with two attached hydrogens (primary N) is 2. The van der Waals surface area contributed by atoms with E-state index in [2.05, 4.69) is 4.99 Å². The molecule has 1 aliphatic heterocycles. The van der Waals surface area contributed by atoms with Crippen LogP contribution >= 0.6 is 0 Å². The highest BCUT2D eigenvalue weighted by Gasteiger charge is 2.23. The molecule has 0 atom stereocenters. The van der Waals surface area contributed by atoms with Crippen LogP contribution in [0.1, 0.15) is 40.1 Å². The van der Waals surface area contributed by atoms with Gasteiger partial charge in [-0.3, -0.25) is 14.1 Å². The van der Waals surface area contributed by atoms with E-state index in [9.17, 15) is 22.4 Å². The number of ketones is 1. The lowest BCUT2D eigenvalue weighted by atomic mass is 10.0. The summed E-state index contributed by atoms with van der Waals surface area (Å²) in [5.41, 5.74) is 11.5. The van der Waals surface area contributed by atoms with Crippen molar-refractivity contribution in [2.24, 2.45) is 16.5 Å². The fourth-order valence-electron chi connectivity index (χ4n) is 2.85. The maximum absolute atomic E-state index is 14.1. The number of hydrogen-bond donors (Lipinski definition) is 3. The van der Waals surface area contributed by atoms with E-state index in [0.717, 1.165) is 0 Å². The van der Waals surface area contributed by atoms with Gasteiger partial charge in [0.1, 0.15) is 11.5 Å². The molecule has 0 aliphatic carbocycles. The Morgan fingerprint density at radius 3 is 2.52 bits per heavy atom. The molecule has 3 rings (SSSR count). The molecule has 1 aromatic carbocycles. The fourth-order valence-corrected chi connectivity index (χ4v) is 2.85. The molecule has 0 saturated carbocycles. The van der Waals surface area contributed by atoms with Gasteiger partial charge < -0.3 is 16.0 Å². The molecule has 146 valence electrons. The first-order valence-electron chi connectivity index (χ1n) is 7.90. The van der Waals surface area contributed by atoms with Crippen molar-refractivity contribution in [3.8, 4) is 0 Å². The van der Waals surface area contributed by atoms with Crippen molar-refractivity contribution in [2.75, 3.05) is 6.26 Å². The molecule has 2 heterocycles. The maximum atomic E-state index is 14.1. The molecule has 0 bridgehead atoms. The van der Waals surface area contributed by atoms with Crippen molar-refractivity contribution in [1.82, 2.24) is 4.57 Å². The van der Waals surface area contributed by atoms with Crippen LogP contribution in [0.25, 0.3) is 10.9 Å². The number of benzene rings is 1. The standard InChI is InChI=1S/C15H15FN4O2.CH4O3S/c16-10-5-4-8-12(21)3-1-2-6-20-11(7-9(10)13(8)20)14(22)19-15(17)18;1-5(2,3)4/h4-5,7H,1-3,6H2,(H4,17,18,19,22);1H3,(H,2,3,4). The van der Waals surface area contributed by atoms with Crippen molar-refractivity contribution < 1.29 is 27.0 Å². The molecule has 27 heavy (non-hydrogen) atoms. The van der Waals surface area contributed by atoms with Crippen LogP contribution in [0.5, 0.6) is 0 Å². The summed E-state index contributed by atoms with van der Waals surface area (Å²) in [4.78, 5) is 27.9. The highest BCUT2D eigenvalue weighted by atomic mass is 32.2. The van der Waals surface area contributed by atoms with E-state index in [1.807, 2.05) is 0 Å². The van der Waals surface area contributed by atoms with E-state index in [1.54, 1.807) is 4.57 Å². The number of nitrogens with zero attached hydrogens (tertiary/aromatic N) is 2. The Morgan fingerprint density at radius 1 is 1.30 bits per heavy atom. The van der Waals surface area contributed by atoms with Gasteiger partial charge in [0, 0.05) is 23.9 Å². The Hall–Kier alpha value is -2.79. The molecule has 1 amide bonds. The summed E-state index contributed by atoms with van der Waals surface area (Å²) in [5.74, 6) is -1.53. The first-order chi connectivity index (χ1) is 12.5. The van der Waals surface area contributed by atoms with E-state index >= 15 is 0 Å². The van der Waals surface area contributed by atoms with Crippen LogP contribution in [0.15, 0.2) is 23.2 Å². The summed E-state index contributed by atoms with van der Waals surface area (Å²) < 4.78 is 41.6. The zero-order chi connectivity index (χ0) is 20.4. The van der Waals surface area contributed by atoms with Gasteiger partial charge >= 0.3 is 0 Å². The van der Waals surface area contributed by atoms with E-state index in [1.165, 1.54) is 18.2 Å². The molecule has 5 N–H and O–H groups in total. The van der Waals surface area contributed by atoms with Gasteiger partial charge in [-0.15, -0.1) is 0 Å². The minimum atomic E-state index is -3.67. The third-order valence-electron chi connectivity index (χ3n) is 3.79. The molecule has 2 aromatic rings. The normalized spacial score (nSPS) is 14.0. The summed E-state index contributed by atoms with van der Waals surface area (Å²) in [6, 6.07) is 4.12. The number of halogens is 1. The van der Waals surface area contributed by atoms with Crippen LogP contribution in [0.4, 0.5) is 4.39 Å². The van der Waals surface area contributed by atoms with Crippen molar-refractivity contribution in [1.29, 1.82) is 0 Å². The van der Waals surface area contributed by atoms with Crippen LogP contribution in [-0.2, 0) is 16.7 Å². The van der Waals surface area contributed by atoms with Gasteiger partial charge in [-0.1, -0.05) is 0 Å². The molecule has 0 fully saturated rings. The molecular formula is C16H19FN4O5S. The number of aryl methyl sites for hydroxylation is 1. The smallest absolute Gasteiger partial charge is 0.296 e.